The van der Waals surface area contributed by atoms with E-state index in [0.29, 0.717) is 29.9 Å². The first kappa shape index (κ1) is 21.3. The summed E-state index contributed by atoms with van der Waals surface area (Å²) in [6.45, 7) is 2.62. The molecule has 4 atom stereocenters. The number of halogens is 5. The number of ether oxygens (including phenoxy) is 1. The highest BCUT2D eigenvalue weighted by molar-refractivity contribution is 5.78. The van der Waals surface area contributed by atoms with Gasteiger partial charge in [-0.1, -0.05) is 12.1 Å². The molecule has 1 aromatic rings. The minimum Gasteiger partial charge on any atom is -0.406 e. The number of benzene rings is 1. The van der Waals surface area contributed by atoms with Crippen LogP contribution in [0.25, 0.3) is 0 Å². The monoisotopic (exact) mass is 433 g/mol. The minimum absolute atomic E-state index is 0.164. The molecule has 0 aromatic heterocycles. The van der Waals surface area contributed by atoms with Gasteiger partial charge in [0.2, 0.25) is 5.91 Å². The second-order valence-corrected chi connectivity index (χ2v) is 8.34. The summed E-state index contributed by atoms with van der Waals surface area (Å²) in [5, 5.41) is 3.28. The van der Waals surface area contributed by atoms with E-state index in [1.165, 1.54) is 23.1 Å². The molecule has 1 saturated carbocycles. The van der Waals surface area contributed by atoms with E-state index in [4.69, 9.17) is 0 Å². The lowest BCUT2D eigenvalue weighted by Gasteiger charge is -2.22. The van der Waals surface area contributed by atoms with Crippen LogP contribution in [0.4, 0.5) is 22.0 Å². The van der Waals surface area contributed by atoms with E-state index < -0.39 is 18.7 Å². The quantitative estimate of drug-likeness (QED) is 0.671. The molecule has 1 aromatic carbocycles. The van der Waals surface area contributed by atoms with Crippen LogP contribution in [0.15, 0.2) is 24.3 Å². The second kappa shape index (κ2) is 8.30. The van der Waals surface area contributed by atoms with Crippen LogP contribution in [0.2, 0.25) is 0 Å². The summed E-state index contributed by atoms with van der Waals surface area (Å²) in [6, 6.07) is 5.89. The fraction of sp³-hybridized carbons (Fsp3) is 0.650. The molecule has 4 rings (SSSR count). The number of hydrogen-bond acceptors (Lipinski definition) is 4. The number of alkyl halides is 5. The van der Waals surface area contributed by atoms with Crippen molar-refractivity contribution in [2.24, 2.45) is 17.8 Å². The highest BCUT2D eigenvalue weighted by atomic mass is 19.4. The molecule has 0 spiro atoms. The summed E-state index contributed by atoms with van der Waals surface area (Å²) in [5.74, 6) is 0.970. The van der Waals surface area contributed by atoms with Crippen LogP contribution in [0.1, 0.15) is 5.56 Å². The van der Waals surface area contributed by atoms with Crippen molar-refractivity contribution in [1.29, 1.82) is 0 Å². The van der Waals surface area contributed by atoms with Crippen LogP contribution in [0.5, 0.6) is 5.75 Å². The molecule has 30 heavy (non-hydrogen) atoms. The number of amides is 1. The molecule has 166 valence electrons. The summed E-state index contributed by atoms with van der Waals surface area (Å²) < 4.78 is 67.3. The predicted molar refractivity (Wildman–Crippen MR) is 98.1 cm³/mol. The molecule has 1 N–H and O–H groups in total. The zero-order valence-electron chi connectivity index (χ0n) is 16.2. The number of carbonyl (C=O) groups excluding carboxylic acids is 1. The third-order valence-electron chi connectivity index (χ3n) is 6.18. The van der Waals surface area contributed by atoms with Gasteiger partial charge in [-0.2, -0.15) is 0 Å². The number of piperidine rings is 1. The van der Waals surface area contributed by atoms with Gasteiger partial charge < -0.3 is 15.0 Å². The Kier molecular flexibility index (Phi) is 5.89. The Morgan fingerprint density at radius 2 is 1.77 bits per heavy atom. The maximum atomic E-state index is 13.3. The minimum atomic E-state index is -4.71. The Morgan fingerprint density at radius 3 is 2.40 bits per heavy atom. The van der Waals surface area contributed by atoms with Crippen molar-refractivity contribution >= 4 is 5.91 Å². The lowest BCUT2D eigenvalue weighted by atomic mass is 10.2. The SMILES string of the molecule is O=C(CN1CC2C(CNCc3cccc(OC(F)(F)F)c3)C2C1)N1CC(F)C(F)C1. The van der Waals surface area contributed by atoms with Gasteiger partial charge in [0, 0.05) is 19.6 Å². The molecule has 0 radical (unpaired) electrons. The van der Waals surface area contributed by atoms with Gasteiger partial charge in [-0.15, -0.1) is 13.2 Å². The van der Waals surface area contributed by atoms with Crippen molar-refractivity contribution in [1.82, 2.24) is 15.1 Å². The number of rotatable bonds is 7. The third kappa shape index (κ3) is 5.03. The summed E-state index contributed by atoms with van der Waals surface area (Å²) in [4.78, 5) is 15.5. The van der Waals surface area contributed by atoms with Gasteiger partial charge in [-0.05, 0) is 42.0 Å². The summed E-state index contributed by atoms with van der Waals surface area (Å²) in [5.41, 5.74) is 0.706. The zero-order chi connectivity index (χ0) is 21.5. The molecular formula is C20H24F5N3O2. The number of nitrogens with one attached hydrogen (secondary N) is 1. The van der Waals surface area contributed by atoms with Gasteiger partial charge in [0.1, 0.15) is 5.75 Å². The molecule has 5 nitrogen and oxygen atoms in total. The molecule has 2 saturated heterocycles. The smallest absolute Gasteiger partial charge is 0.406 e. The van der Waals surface area contributed by atoms with Crippen LogP contribution in [-0.2, 0) is 11.3 Å². The zero-order valence-corrected chi connectivity index (χ0v) is 16.2. The molecule has 3 aliphatic rings. The molecular weight excluding hydrogens is 409 g/mol. The van der Waals surface area contributed by atoms with Crippen molar-refractivity contribution in [3.63, 3.8) is 0 Å². The van der Waals surface area contributed by atoms with E-state index >= 15 is 0 Å². The second-order valence-electron chi connectivity index (χ2n) is 8.34. The van der Waals surface area contributed by atoms with E-state index in [0.717, 1.165) is 19.6 Å². The Labute approximate surface area is 171 Å². The van der Waals surface area contributed by atoms with Crippen LogP contribution < -0.4 is 10.1 Å². The molecule has 10 heteroatoms. The Balaban J connectivity index is 1.15. The lowest BCUT2D eigenvalue weighted by molar-refractivity contribution is -0.274. The van der Waals surface area contributed by atoms with Gasteiger partial charge in [0.15, 0.2) is 12.3 Å². The van der Waals surface area contributed by atoms with E-state index in [2.05, 4.69) is 10.1 Å². The van der Waals surface area contributed by atoms with Gasteiger partial charge in [-0.25, -0.2) is 8.78 Å². The van der Waals surface area contributed by atoms with Gasteiger partial charge in [0.25, 0.3) is 0 Å². The summed E-state index contributed by atoms with van der Waals surface area (Å²) in [7, 11) is 0. The molecule has 4 unspecified atom stereocenters. The highest BCUT2D eigenvalue weighted by Gasteiger charge is 2.55. The van der Waals surface area contributed by atoms with E-state index in [-0.39, 0.29) is 31.3 Å². The van der Waals surface area contributed by atoms with Crippen molar-refractivity contribution in [3.05, 3.63) is 29.8 Å². The Bertz CT molecular complexity index is 755. The normalized spacial score (nSPS) is 31.1. The number of carbonyl (C=O) groups is 1. The summed E-state index contributed by atoms with van der Waals surface area (Å²) >= 11 is 0. The molecule has 0 bridgehead atoms. The maximum absolute atomic E-state index is 13.3. The topological polar surface area (TPSA) is 44.8 Å². The van der Waals surface area contributed by atoms with E-state index in [9.17, 15) is 26.7 Å². The number of hydrogen-bond donors (Lipinski definition) is 1. The van der Waals surface area contributed by atoms with Gasteiger partial charge in [0.05, 0.1) is 19.6 Å². The molecule has 2 aliphatic heterocycles. The molecule has 3 fully saturated rings. The van der Waals surface area contributed by atoms with Crippen LogP contribution in [0, 0.1) is 17.8 Å². The number of nitrogens with zero attached hydrogens (tertiary/aromatic N) is 2. The molecule has 1 amide bonds. The number of likely N-dealkylation sites (tertiary alicyclic amines) is 2. The fourth-order valence-electron chi connectivity index (χ4n) is 4.62. The average Bonchev–Trinajstić information content (AvgIpc) is 2.97. The van der Waals surface area contributed by atoms with Crippen LogP contribution in [0.3, 0.4) is 0 Å². The van der Waals surface area contributed by atoms with E-state index in [1.807, 2.05) is 4.90 Å². The lowest BCUT2D eigenvalue weighted by Crippen LogP contribution is -2.40. The van der Waals surface area contributed by atoms with Crippen molar-refractivity contribution in [2.45, 2.75) is 25.3 Å². The van der Waals surface area contributed by atoms with Gasteiger partial charge in [-0.3, -0.25) is 9.69 Å². The van der Waals surface area contributed by atoms with Crippen molar-refractivity contribution in [2.75, 3.05) is 39.3 Å². The average molecular weight is 433 g/mol. The first-order valence-corrected chi connectivity index (χ1v) is 10.0. The standard InChI is InChI=1S/C20H24F5N3O2/c21-17-9-28(10-18(17)22)19(29)11-27-7-15-14(16(15)8-27)6-26-5-12-2-1-3-13(4-12)30-20(23,24)25/h1-4,14-18,26H,5-11H2. The van der Waals surface area contributed by atoms with E-state index in [1.54, 1.807) is 6.07 Å². The molecule has 1 aliphatic carbocycles. The van der Waals surface area contributed by atoms with Crippen molar-refractivity contribution in [3.8, 4) is 5.75 Å². The predicted octanol–water partition coefficient (Wildman–Crippen LogP) is 2.37. The largest absolute Gasteiger partial charge is 0.573 e. The van der Waals surface area contributed by atoms with Gasteiger partial charge >= 0.3 is 6.36 Å². The first-order valence-electron chi connectivity index (χ1n) is 10.0. The Morgan fingerprint density at radius 1 is 1.10 bits per heavy atom. The third-order valence-corrected chi connectivity index (χ3v) is 6.18. The first-order chi connectivity index (χ1) is 14.2. The Hall–Kier alpha value is -1.94. The van der Waals surface area contributed by atoms with Crippen molar-refractivity contribution < 1.29 is 31.5 Å². The summed E-state index contributed by atoms with van der Waals surface area (Å²) in [6.07, 6.45) is -7.88. The maximum Gasteiger partial charge on any atom is 0.573 e. The highest BCUT2D eigenvalue weighted by Crippen LogP contribution is 2.51. The molecule has 2 heterocycles. The van der Waals surface area contributed by atoms with Crippen LogP contribution in [-0.4, -0.2) is 73.7 Å². The number of fused-ring (bicyclic) bond motifs is 1. The fourth-order valence-corrected chi connectivity index (χ4v) is 4.62. The van der Waals surface area contributed by atoms with Crippen LogP contribution >= 0.6 is 0 Å².